The standard InChI is InChI=1S/C21H18ClN3O2/c22-20-8-7-14(11-24-20)17(10-21(26)25-12-15-4-3-9-27-15)18-13-23-19-6-2-1-5-16(18)19/h1-9,11,13,17,23H,10,12H2,(H,25,26)/t17-/m0/s1. The summed E-state index contributed by atoms with van der Waals surface area (Å²) in [6.07, 6.45) is 5.58. The van der Waals surface area contributed by atoms with Crippen molar-refractivity contribution in [2.45, 2.75) is 18.9 Å². The van der Waals surface area contributed by atoms with Gasteiger partial charge in [-0.1, -0.05) is 35.9 Å². The third-order valence-electron chi connectivity index (χ3n) is 4.58. The molecular formula is C21H18ClN3O2. The van der Waals surface area contributed by atoms with Gasteiger partial charge in [0, 0.05) is 35.6 Å². The smallest absolute Gasteiger partial charge is 0.221 e. The molecule has 27 heavy (non-hydrogen) atoms. The van der Waals surface area contributed by atoms with Crippen LogP contribution in [-0.4, -0.2) is 15.9 Å². The lowest BCUT2D eigenvalue weighted by atomic mass is 9.89. The lowest BCUT2D eigenvalue weighted by molar-refractivity contribution is -0.121. The fraction of sp³-hybridized carbons (Fsp3) is 0.143. The first-order valence-corrected chi connectivity index (χ1v) is 9.05. The van der Waals surface area contributed by atoms with Crippen molar-refractivity contribution in [1.82, 2.24) is 15.3 Å². The van der Waals surface area contributed by atoms with E-state index in [2.05, 4.69) is 21.4 Å². The van der Waals surface area contributed by atoms with Crippen LogP contribution in [0.3, 0.4) is 0 Å². The fourth-order valence-electron chi connectivity index (χ4n) is 3.24. The van der Waals surface area contributed by atoms with Crippen LogP contribution in [0.2, 0.25) is 5.15 Å². The molecule has 0 unspecified atom stereocenters. The first-order valence-electron chi connectivity index (χ1n) is 8.67. The number of para-hydroxylation sites is 1. The topological polar surface area (TPSA) is 70.9 Å². The Morgan fingerprint density at radius 3 is 2.85 bits per heavy atom. The summed E-state index contributed by atoms with van der Waals surface area (Å²) in [4.78, 5) is 20.1. The maximum Gasteiger partial charge on any atom is 0.221 e. The maximum atomic E-state index is 12.6. The third kappa shape index (κ3) is 3.88. The molecule has 0 aliphatic carbocycles. The summed E-state index contributed by atoms with van der Waals surface area (Å²) in [5.41, 5.74) is 3.04. The molecule has 0 bridgehead atoms. The van der Waals surface area contributed by atoms with Crippen LogP contribution in [0.25, 0.3) is 10.9 Å². The molecule has 0 radical (unpaired) electrons. The molecular weight excluding hydrogens is 362 g/mol. The predicted octanol–water partition coefficient (Wildman–Crippen LogP) is 4.65. The summed E-state index contributed by atoms with van der Waals surface area (Å²) in [6.45, 7) is 0.366. The number of furan rings is 1. The van der Waals surface area contributed by atoms with Gasteiger partial charge in [-0.25, -0.2) is 4.98 Å². The highest BCUT2D eigenvalue weighted by Gasteiger charge is 2.22. The van der Waals surface area contributed by atoms with E-state index >= 15 is 0 Å². The Labute approximate surface area is 161 Å². The van der Waals surface area contributed by atoms with Crippen molar-refractivity contribution < 1.29 is 9.21 Å². The molecule has 0 saturated carbocycles. The van der Waals surface area contributed by atoms with E-state index in [4.69, 9.17) is 16.0 Å². The van der Waals surface area contributed by atoms with Crippen LogP contribution in [-0.2, 0) is 11.3 Å². The average Bonchev–Trinajstić information content (AvgIpc) is 3.35. The fourth-order valence-corrected chi connectivity index (χ4v) is 3.35. The van der Waals surface area contributed by atoms with Gasteiger partial charge in [0.15, 0.2) is 0 Å². The third-order valence-corrected chi connectivity index (χ3v) is 4.80. The number of amides is 1. The van der Waals surface area contributed by atoms with E-state index < -0.39 is 0 Å². The molecule has 1 amide bonds. The van der Waals surface area contributed by atoms with Crippen LogP contribution < -0.4 is 5.32 Å². The van der Waals surface area contributed by atoms with E-state index in [-0.39, 0.29) is 11.8 Å². The largest absolute Gasteiger partial charge is 0.467 e. The maximum absolute atomic E-state index is 12.6. The number of aromatic amines is 1. The number of carbonyl (C=O) groups is 1. The molecule has 5 nitrogen and oxygen atoms in total. The van der Waals surface area contributed by atoms with E-state index in [1.165, 1.54) is 0 Å². The SMILES string of the molecule is O=C(C[C@@H](c1ccc(Cl)nc1)c1c[nH]c2ccccc12)NCc1ccco1. The molecule has 4 rings (SSSR count). The summed E-state index contributed by atoms with van der Waals surface area (Å²) in [5, 5.41) is 4.44. The number of halogens is 1. The van der Waals surface area contributed by atoms with Gasteiger partial charge >= 0.3 is 0 Å². The van der Waals surface area contributed by atoms with Gasteiger partial charge in [0.25, 0.3) is 0 Å². The quantitative estimate of drug-likeness (QED) is 0.479. The van der Waals surface area contributed by atoms with E-state index in [9.17, 15) is 4.79 Å². The molecule has 1 atom stereocenters. The van der Waals surface area contributed by atoms with Gasteiger partial charge in [-0.3, -0.25) is 4.79 Å². The molecule has 0 aliphatic rings. The van der Waals surface area contributed by atoms with Crippen LogP contribution in [0, 0.1) is 0 Å². The van der Waals surface area contributed by atoms with Gasteiger partial charge in [-0.05, 0) is 35.4 Å². The zero-order valence-corrected chi connectivity index (χ0v) is 15.2. The van der Waals surface area contributed by atoms with E-state index in [0.29, 0.717) is 18.1 Å². The van der Waals surface area contributed by atoms with E-state index in [0.717, 1.165) is 27.8 Å². The molecule has 2 N–H and O–H groups in total. The van der Waals surface area contributed by atoms with Gasteiger partial charge in [0.2, 0.25) is 5.91 Å². The van der Waals surface area contributed by atoms with Gasteiger partial charge < -0.3 is 14.7 Å². The number of fused-ring (bicyclic) bond motifs is 1. The molecule has 4 aromatic rings. The van der Waals surface area contributed by atoms with Crippen LogP contribution in [0.1, 0.15) is 29.2 Å². The highest BCUT2D eigenvalue weighted by molar-refractivity contribution is 6.29. The number of aromatic nitrogens is 2. The zero-order valence-electron chi connectivity index (χ0n) is 14.5. The molecule has 136 valence electrons. The first-order chi connectivity index (χ1) is 13.2. The molecule has 1 aromatic carbocycles. The number of benzene rings is 1. The second kappa shape index (κ2) is 7.68. The summed E-state index contributed by atoms with van der Waals surface area (Å²) in [7, 11) is 0. The summed E-state index contributed by atoms with van der Waals surface area (Å²) < 4.78 is 5.27. The van der Waals surface area contributed by atoms with Gasteiger partial charge in [0.05, 0.1) is 12.8 Å². The van der Waals surface area contributed by atoms with Crippen LogP contribution >= 0.6 is 11.6 Å². The zero-order chi connectivity index (χ0) is 18.6. The van der Waals surface area contributed by atoms with Crippen molar-refractivity contribution >= 4 is 28.4 Å². The molecule has 3 heterocycles. The van der Waals surface area contributed by atoms with Crippen molar-refractivity contribution in [2.24, 2.45) is 0 Å². The summed E-state index contributed by atoms with van der Waals surface area (Å²) in [5.74, 6) is 0.527. The Bertz CT molecular complexity index is 1040. The average molecular weight is 380 g/mol. The van der Waals surface area contributed by atoms with Crippen molar-refractivity contribution in [2.75, 3.05) is 0 Å². The second-order valence-corrected chi connectivity index (χ2v) is 6.70. The Balaban J connectivity index is 1.62. The van der Waals surface area contributed by atoms with Crippen molar-refractivity contribution in [3.63, 3.8) is 0 Å². The Kier molecular flexibility index (Phi) is 4.94. The molecule has 0 fully saturated rings. The number of nitrogens with one attached hydrogen (secondary N) is 2. The number of pyridine rings is 1. The van der Waals surface area contributed by atoms with Crippen LogP contribution in [0.5, 0.6) is 0 Å². The second-order valence-electron chi connectivity index (χ2n) is 6.32. The molecule has 0 aliphatic heterocycles. The minimum atomic E-state index is -0.137. The molecule has 0 saturated heterocycles. The van der Waals surface area contributed by atoms with Crippen molar-refractivity contribution in [1.29, 1.82) is 0 Å². The number of rotatable bonds is 6. The lowest BCUT2D eigenvalue weighted by Gasteiger charge is -2.17. The Morgan fingerprint density at radius 2 is 2.07 bits per heavy atom. The monoisotopic (exact) mass is 379 g/mol. The predicted molar refractivity (Wildman–Crippen MR) is 105 cm³/mol. The lowest BCUT2D eigenvalue weighted by Crippen LogP contribution is -2.24. The number of carbonyl (C=O) groups excluding carboxylic acids is 1. The number of hydrogen-bond acceptors (Lipinski definition) is 3. The van der Waals surface area contributed by atoms with Gasteiger partial charge in [-0.15, -0.1) is 0 Å². The number of H-pyrrole nitrogens is 1. The van der Waals surface area contributed by atoms with E-state index in [1.807, 2.05) is 36.5 Å². The number of nitrogens with zero attached hydrogens (tertiary/aromatic N) is 1. The van der Waals surface area contributed by atoms with Crippen molar-refractivity contribution in [3.05, 3.63) is 89.2 Å². The first kappa shape index (κ1) is 17.4. The van der Waals surface area contributed by atoms with Crippen LogP contribution in [0.15, 0.2) is 71.6 Å². The van der Waals surface area contributed by atoms with Crippen molar-refractivity contribution in [3.8, 4) is 0 Å². The highest BCUT2D eigenvalue weighted by Crippen LogP contribution is 2.33. The van der Waals surface area contributed by atoms with Gasteiger partial charge in [-0.2, -0.15) is 0 Å². The minimum Gasteiger partial charge on any atom is -0.467 e. The van der Waals surface area contributed by atoms with E-state index in [1.54, 1.807) is 24.6 Å². The van der Waals surface area contributed by atoms with Crippen LogP contribution in [0.4, 0.5) is 0 Å². The van der Waals surface area contributed by atoms with Gasteiger partial charge in [0.1, 0.15) is 10.9 Å². The number of hydrogen-bond donors (Lipinski definition) is 2. The highest BCUT2D eigenvalue weighted by atomic mass is 35.5. The Morgan fingerprint density at radius 1 is 1.19 bits per heavy atom. The minimum absolute atomic E-state index is 0.0587. The summed E-state index contributed by atoms with van der Waals surface area (Å²) in [6, 6.07) is 15.4. The molecule has 6 heteroatoms. The molecule has 0 spiro atoms. The normalized spacial score (nSPS) is 12.2. The Hall–Kier alpha value is -3.05. The molecule has 3 aromatic heterocycles. The summed E-state index contributed by atoms with van der Waals surface area (Å²) >= 11 is 5.94.